The van der Waals surface area contributed by atoms with Crippen LogP contribution < -0.4 is 0 Å². The lowest BCUT2D eigenvalue weighted by Crippen LogP contribution is -1.83. The topological polar surface area (TPSA) is 28.7 Å². The number of nitrogens with zero attached hydrogens (tertiary/aromatic N) is 2. The van der Waals surface area contributed by atoms with Crippen molar-refractivity contribution in [1.82, 2.24) is 4.57 Å². The van der Waals surface area contributed by atoms with E-state index < -0.39 is 0 Å². The van der Waals surface area contributed by atoms with Gasteiger partial charge in [0.15, 0.2) is 0 Å². The Kier molecular flexibility index (Phi) is 1.56. The predicted molar refractivity (Wildman–Crippen MR) is 47.6 cm³/mol. The van der Waals surface area contributed by atoms with Crippen molar-refractivity contribution in [2.24, 2.45) is 7.05 Å². The van der Waals surface area contributed by atoms with Crippen molar-refractivity contribution in [3.05, 3.63) is 35.8 Å². The summed E-state index contributed by atoms with van der Waals surface area (Å²) in [5, 5.41) is 9.43. The fourth-order valence-corrected chi connectivity index (χ4v) is 1.45. The van der Waals surface area contributed by atoms with Gasteiger partial charge in [0.05, 0.1) is 5.56 Å². The molecule has 2 aromatic rings. The maximum Gasteiger partial charge on any atom is 0.124 e. The third-order valence-electron chi connectivity index (χ3n) is 2.07. The minimum atomic E-state index is -0.310. The van der Waals surface area contributed by atoms with Crippen molar-refractivity contribution in [2.75, 3.05) is 0 Å². The second-order valence-electron chi connectivity index (χ2n) is 2.93. The zero-order chi connectivity index (χ0) is 9.42. The van der Waals surface area contributed by atoms with Gasteiger partial charge in [0.25, 0.3) is 0 Å². The zero-order valence-corrected chi connectivity index (χ0v) is 7.08. The van der Waals surface area contributed by atoms with Gasteiger partial charge in [0, 0.05) is 24.1 Å². The fourth-order valence-electron chi connectivity index (χ4n) is 1.45. The van der Waals surface area contributed by atoms with Crippen LogP contribution in [0, 0.1) is 17.1 Å². The minimum absolute atomic E-state index is 0.310. The molecule has 0 saturated heterocycles. The van der Waals surface area contributed by atoms with Crippen molar-refractivity contribution >= 4 is 10.9 Å². The predicted octanol–water partition coefficient (Wildman–Crippen LogP) is 2.19. The van der Waals surface area contributed by atoms with E-state index in [1.165, 1.54) is 12.1 Å². The standard InChI is InChI=1S/C10H7FN2/c1-13-6-7(5-12)9-4-8(11)2-3-10(9)13/h2-4,6H,1H3. The van der Waals surface area contributed by atoms with E-state index in [0.717, 1.165) is 5.52 Å². The van der Waals surface area contributed by atoms with E-state index in [0.29, 0.717) is 10.9 Å². The first-order valence-electron chi connectivity index (χ1n) is 3.87. The molecule has 0 amide bonds. The molecule has 2 rings (SSSR count). The Bertz CT molecular complexity index is 505. The highest BCUT2D eigenvalue weighted by Crippen LogP contribution is 2.20. The Hall–Kier alpha value is -1.82. The van der Waals surface area contributed by atoms with E-state index in [2.05, 4.69) is 0 Å². The third kappa shape index (κ3) is 1.07. The van der Waals surface area contributed by atoms with Crippen LogP contribution in [0.4, 0.5) is 4.39 Å². The normalized spacial score (nSPS) is 10.2. The lowest BCUT2D eigenvalue weighted by molar-refractivity contribution is 0.629. The van der Waals surface area contributed by atoms with Crippen molar-refractivity contribution in [2.45, 2.75) is 0 Å². The molecule has 0 fully saturated rings. The van der Waals surface area contributed by atoms with Crippen molar-refractivity contribution in [3.63, 3.8) is 0 Å². The van der Waals surface area contributed by atoms with Gasteiger partial charge in [-0.2, -0.15) is 5.26 Å². The molecule has 0 bridgehead atoms. The molecule has 0 spiro atoms. The Balaban J connectivity index is 2.91. The summed E-state index contributed by atoms with van der Waals surface area (Å²) in [7, 11) is 1.83. The van der Waals surface area contributed by atoms with Gasteiger partial charge in [-0.15, -0.1) is 0 Å². The molecule has 1 aromatic carbocycles. The van der Waals surface area contributed by atoms with Gasteiger partial charge in [-0.05, 0) is 18.2 Å². The molecule has 0 aliphatic rings. The van der Waals surface area contributed by atoms with Gasteiger partial charge in [-0.25, -0.2) is 4.39 Å². The summed E-state index contributed by atoms with van der Waals surface area (Å²) in [5.41, 5.74) is 1.38. The number of aromatic nitrogens is 1. The maximum atomic E-state index is 12.8. The molecule has 0 unspecified atom stereocenters. The third-order valence-corrected chi connectivity index (χ3v) is 2.07. The van der Waals surface area contributed by atoms with E-state index in [4.69, 9.17) is 5.26 Å². The number of hydrogen-bond donors (Lipinski definition) is 0. The highest BCUT2D eigenvalue weighted by molar-refractivity contribution is 5.86. The van der Waals surface area contributed by atoms with Crippen LogP contribution in [0.2, 0.25) is 0 Å². The summed E-state index contributed by atoms with van der Waals surface area (Å²) in [4.78, 5) is 0. The van der Waals surface area contributed by atoms with Crippen molar-refractivity contribution in [3.8, 4) is 6.07 Å². The molecule has 0 radical (unpaired) electrons. The van der Waals surface area contributed by atoms with Crippen LogP contribution in [0.5, 0.6) is 0 Å². The number of hydrogen-bond acceptors (Lipinski definition) is 1. The van der Waals surface area contributed by atoms with E-state index >= 15 is 0 Å². The highest BCUT2D eigenvalue weighted by Gasteiger charge is 2.05. The van der Waals surface area contributed by atoms with Crippen LogP contribution in [0.15, 0.2) is 24.4 Å². The number of halogens is 1. The first-order chi connectivity index (χ1) is 6.22. The van der Waals surface area contributed by atoms with Gasteiger partial charge in [-0.1, -0.05) is 0 Å². The Morgan fingerprint density at radius 3 is 2.92 bits per heavy atom. The van der Waals surface area contributed by atoms with E-state index in [9.17, 15) is 4.39 Å². The Morgan fingerprint density at radius 2 is 2.23 bits per heavy atom. The molecule has 0 aliphatic carbocycles. The summed E-state index contributed by atoms with van der Waals surface area (Å²) < 4.78 is 14.7. The number of aryl methyl sites for hydroxylation is 1. The molecule has 13 heavy (non-hydrogen) atoms. The Labute approximate surface area is 74.8 Å². The maximum absolute atomic E-state index is 12.8. The lowest BCUT2D eigenvalue weighted by atomic mass is 10.2. The molecule has 0 aliphatic heterocycles. The van der Waals surface area contributed by atoms with E-state index in [-0.39, 0.29) is 5.82 Å². The lowest BCUT2D eigenvalue weighted by Gasteiger charge is -1.94. The molecule has 1 aromatic heterocycles. The van der Waals surface area contributed by atoms with Gasteiger partial charge in [-0.3, -0.25) is 0 Å². The van der Waals surface area contributed by atoms with Gasteiger partial charge < -0.3 is 4.57 Å². The first kappa shape index (κ1) is 7.81. The van der Waals surface area contributed by atoms with Gasteiger partial charge in [0.2, 0.25) is 0 Å². The first-order valence-corrected chi connectivity index (χ1v) is 3.87. The second-order valence-corrected chi connectivity index (χ2v) is 2.93. The Morgan fingerprint density at radius 1 is 1.46 bits per heavy atom. The van der Waals surface area contributed by atoms with Crippen molar-refractivity contribution in [1.29, 1.82) is 5.26 Å². The summed E-state index contributed by atoms with van der Waals surface area (Å²) in [6.07, 6.45) is 1.70. The molecule has 0 saturated carbocycles. The van der Waals surface area contributed by atoms with E-state index in [1.807, 2.05) is 17.7 Å². The summed E-state index contributed by atoms with van der Waals surface area (Å²) >= 11 is 0. The molecule has 0 N–H and O–H groups in total. The zero-order valence-electron chi connectivity index (χ0n) is 7.08. The van der Waals surface area contributed by atoms with Crippen LogP contribution in [0.3, 0.4) is 0 Å². The van der Waals surface area contributed by atoms with Gasteiger partial charge in [0.1, 0.15) is 11.9 Å². The molecular weight excluding hydrogens is 167 g/mol. The molecule has 1 heterocycles. The molecule has 3 heteroatoms. The molecule has 64 valence electrons. The van der Waals surface area contributed by atoms with Crippen LogP contribution in [-0.4, -0.2) is 4.57 Å². The van der Waals surface area contributed by atoms with Gasteiger partial charge >= 0.3 is 0 Å². The fraction of sp³-hybridized carbons (Fsp3) is 0.100. The molecule has 0 atom stereocenters. The number of rotatable bonds is 0. The summed E-state index contributed by atoms with van der Waals surface area (Å²) in [6.45, 7) is 0. The van der Waals surface area contributed by atoms with E-state index in [1.54, 1.807) is 12.3 Å². The average molecular weight is 174 g/mol. The monoisotopic (exact) mass is 174 g/mol. The highest BCUT2D eigenvalue weighted by atomic mass is 19.1. The average Bonchev–Trinajstić information content (AvgIpc) is 2.42. The molecule has 2 nitrogen and oxygen atoms in total. The van der Waals surface area contributed by atoms with Crippen LogP contribution in [0.25, 0.3) is 10.9 Å². The molecular formula is C10H7FN2. The van der Waals surface area contributed by atoms with Crippen LogP contribution in [0.1, 0.15) is 5.56 Å². The number of nitriles is 1. The number of fused-ring (bicyclic) bond motifs is 1. The summed E-state index contributed by atoms with van der Waals surface area (Å²) in [6, 6.07) is 6.48. The number of benzene rings is 1. The second kappa shape index (κ2) is 2.60. The van der Waals surface area contributed by atoms with Crippen LogP contribution in [-0.2, 0) is 7.05 Å². The quantitative estimate of drug-likeness (QED) is 0.601. The van der Waals surface area contributed by atoms with Crippen LogP contribution >= 0.6 is 0 Å². The summed E-state index contributed by atoms with van der Waals surface area (Å²) in [5.74, 6) is -0.310. The largest absolute Gasteiger partial charge is 0.349 e. The SMILES string of the molecule is Cn1cc(C#N)c2cc(F)ccc21. The van der Waals surface area contributed by atoms with Crippen molar-refractivity contribution < 1.29 is 4.39 Å². The smallest absolute Gasteiger partial charge is 0.124 e. The minimum Gasteiger partial charge on any atom is -0.349 e.